The van der Waals surface area contributed by atoms with E-state index in [0.717, 1.165) is 5.69 Å². The molecule has 0 spiro atoms. The maximum Gasteiger partial charge on any atom is 0.224 e. The van der Waals surface area contributed by atoms with Crippen molar-refractivity contribution in [3.05, 3.63) is 11.9 Å². The number of alkyl halides is 1. The van der Waals surface area contributed by atoms with Crippen LogP contribution in [0.4, 0.5) is 11.8 Å². The summed E-state index contributed by atoms with van der Waals surface area (Å²) in [4.78, 5) is 16.0. The van der Waals surface area contributed by atoms with Gasteiger partial charge in [0.1, 0.15) is 0 Å². The van der Waals surface area contributed by atoms with E-state index in [2.05, 4.69) is 35.9 Å². The number of anilines is 2. The maximum absolute atomic E-state index is 8.06. The predicted octanol–water partition coefficient (Wildman–Crippen LogP) is 1.44. The van der Waals surface area contributed by atoms with Gasteiger partial charge in [-0.25, -0.2) is 9.97 Å². The molecule has 0 aromatic carbocycles. The number of aliphatic hydroxyl groups is 1. The van der Waals surface area contributed by atoms with Crippen LogP contribution in [0, 0.1) is 0 Å². The van der Waals surface area contributed by atoms with E-state index in [1.165, 1.54) is 0 Å². The van der Waals surface area contributed by atoms with Gasteiger partial charge in [0.15, 0.2) is 17.0 Å². The fraction of sp³-hybridized carbons (Fsp3) is 0.400. The summed E-state index contributed by atoms with van der Waals surface area (Å²) in [6.45, 7) is 3.44. The van der Waals surface area contributed by atoms with Gasteiger partial charge < -0.3 is 16.6 Å². The van der Waals surface area contributed by atoms with Crippen molar-refractivity contribution in [1.29, 1.82) is 0 Å². The van der Waals surface area contributed by atoms with Crippen LogP contribution in [0.25, 0.3) is 11.2 Å². The van der Waals surface area contributed by atoms with Crippen LogP contribution in [0.5, 0.6) is 0 Å². The molecule has 106 valence electrons. The van der Waals surface area contributed by atoms with Gasteiger partial charge >= 0.3 is 0 Å². The highest BCUT2D eigenvalue weighted by Crippen LogP contribution is 2.15. The highest BCUT2D eigenvalue weighted by atomic mass is 79.9. The van der Waals surface area contributed by atoms with E-state index in [-0.39, 0.29) is 34.9 Å². The van der Waals surface area contributed by atoms with E-state index >= 15 is 0 Å². The van der Waals surface area contributed by atoms with E-state index in [4.69, 9.17) is 16.6 Å². The van der Waals surface area contributed by atoms with Gasteiger partial charge in [0, 0.05) is 11.4 Å². The first-order valence-corrected chi connectivity index (χ1v) is 6.34. The molecule has 5 N–H and O–H groups in total. The Hall–Kier alpha value is -1.06. The molecule has 0 fully saturated rings. The van der Waals surface area contributed by atoms with Gasteiger partial charge in [-0.3, -0.25) is 0 Å². The summed E-state index contributed by atoms with van der Waals surface area (Å²) in [5.41, 5.74) is 12.7. The molecule has 2 rings (SSSR count). The molecule has 7 nitrogen and oxygen atoms in total. The third kappa shape index (κ3) is 5.62. The van der Waals surface area contributed by atoms with Crippen molar-refractivity contribution in [1.82, 2.24) is 19.9 Å². The second-order valence-electron chi connectivity index (χ2n) is 3.73. The molecule has 0 aliphatic rings. The molecule has 19 heavy (non-hydrogen) atoms. The summed E-state index contributed by atoms with van der Waals surface area (Å²) < 4.78 is 0. The molecule has 0 bridgehead atoms. The van der Waals surface area contributed by atoms with Crippen LogP contribution in [0.1, 0.15) is 19.5 Å². The van der Waals surface area contributed by atoms with Crippen molar-refractivity contribution in [3.63, 3.8) is 0 Å². The van der Waals surface area contributed by atoms with Gasteiger partial charge in [-0.1, -0.05) is 15.9 Å². The topological polar surface area (TPSA) is 124 Å². The van der Waals surface area contributed by atoms with Crippen LogP contribution in [0.3, 0.4) is 0 Å². The molecule has 9 heteroatoms. The van der Waals surface area contributed by atoms with Crippen LogP contribution >= 0.6 is 32.9 Å². The Balaban J connectivity index is 0.000000576. The first kappa shape index (κ1) is 17.9. The average molecular weight is 396 g/mol. The number of aliphatic hydroxyl groups excluding tert-OH is 1. The Morgan fingerprint density at radius 2 is 1.84 bits per heavy atom. The van der Waals surface area contributed by atoms with Gasteiger partial charge in [-0.2, -0.15) is 9.97 Å². The smallest absolute Gasteiger partial charge is 0.224 e. The first-order valence-electron chi connectivity index (χ1n) is 5.22. The third-order valence-electron chi connectivity index (χ3n) is 1.64. The minimum atomic E-state index is -0.167. The van der Waals surface area contributed by atoms with Crippen molar-refractivity contribution in [2.24, 2.45) is 0 Å². The van der Waals surface area contributed by atoms with Gasteiger partial charge in [-0.05, 0) is 13.8 Å². The monoisotopic (exact) mass is 394 g/mol. The van der Waals surface area contributed by atoms with Crippen molar-refractivity contribution in [2.75, 3.05) is 11.5 Å². The van der Waals surface area contributed by atoms with Gasteiger partial charge in [-0.15, -0.1) is 17.0 Å². The average Bonchev–Trinajstić information content (AvgIpc) is 2.27. The van der Waals surface area contributed by atoms with E-state index in [1.54, 1.807) is 20.0 Å². The molecular weight excluding hydrogens is 380 g/mol. The lowest BCUT2D eigenvalue weighted by molar-refractivity contribution is 0.216. The van der Waals surface area contributed by atoms with Crippen molar-refractivity contribution in [3.8, 4) is 0 Å². The van der Waals surface area contributed by atoms with Crippen LogP contribution in [0.2, 0.25) is 0 Å². The fourth-order valence-electron chi connectivity index (χ4n) is 1.05. The lowest BCUT2D eigenvalue weighted by Crippen LogP contribution is -2.03. The minimum absolute atomic E-state index is 0. The molecule has 0 aliphatic heterocycles. The zero-order valence-corrected chi connectivity index (χ0v) is 13.8. The number of aromatic nitrogens is 4. The summed E-state index contributed by atoms with van der Waals surface area (Å²) in [5, 5.41) is 8.67. The number of halogens is 2. The molecule has 2 heterocycles. The van der Waals surface area contributed by atoms with E-state index in [9.17, 15) is 0 Å². The molecular formula is C10H16Br2N6O. The second kappa shape index (κ2) is 8.18. The zero-order chi connectivity index (χ0) is 13.7. The number of nitrogens with two attached hydrogens (primary N) is 2. The minimum Gasteiger partial charge on any atom is -0.394 e. The molecule has 0 amide bonds. The summed E-state index contributed by atoms with van der Waals surface area (Å²) in [6.07, 6.45) is 1.45. The normalized spacial score (nSPS) is 9.74. The Kier molecular flexibility index (Phi) is 7.72. The largest absolute Gasteiger partial charge is 0.394 e. The summed E-state index contributed by atoms with van der Waals surface area (Å²) in [6, 6.07) is 0. The Morgan fingerprint density at radius 3 is 2.37 bits per heavy atom. The van der Waals surface area contributed by atoms with Crippen molar-refractivity contribution < 1.29 is 5.11 Å². The quantitative estimate of drug-likeness (QED) is 0.624. The molecule has 0 atom stereocenters. The molecule has 0 saturated heterocycles. The Bertz CT molecular complexity index is 534. The fourth-order valence-corrected chi connectivity index (χ4v) is 1.32. The summed E-state index contributed by atoms with van der Waals surface area (Å²) >= 11 is 3.27. The molecule has 0 radical (unpaired) electrons. The Labute approximate surface area is 129 Å². The molecule has 0 aliphatic carbocycles. The van der Waals surface area contributed by atoms with Gasteiger partial charge in [0.25, 0.3) is 0 Å². The second-order valence-corrected chi connectivity index (χ2v) is 4.29. The predicted molar refractivity (Wildman–Crippen MR) is 84.3 cm³/mol. The first-order chi connectivity index (χ1) is 8.43. The standard InChI is InChI=1S/C7H7BrN6.C3H8O.BrH/c8-1-3-2-11-6-4(12-3)5(9)13-7(10)14-6;1-3(2)4;/h2H,1H2,(H4,9,10,11,13,14);3-4H,1-2H3;1H. The van der Waals surface area contributed by atoms with Crippen LogP contribution < -0.4 is 11.5 Å². The number of nitrogen functional groups attached to an aromatic ring is 2. The van der Waals surface area contributed by atoms with Crippen LogP contribution in [-0.4, -0.2) is 31.1 Å². The lowest BCUT2D eigenvalue weighted by Gasteiger charge is -2.01. The third-order valence-corrected chi connectivity index (χ3v) is 2.21. The van der Waals surface area contributed by atoms with Gasteiger partial charge in [0.2, 0.25) is 5.95 Å². The van der Waals surface area contributed by atoms with Crippen LogP contribution in [0.15, 0.2) is 6.20 Å². The van der Waals surface area contributed by atoms with Crippen molar-refractivity contribution in [2.45, 2.75) is 25.3 Å². The SMILES string of the molecule is Br.CC(C)O.Nc1nc(N)c2nc(CBr)cnc2n1. The Morgan fingerprint density at radius 1 is 1.26 bits per heavy atom. The van der Waals surface area contributed by atoms with Gasteiger partial charge in [0.05, 0.1) is 11.9 Å². The lowest BCUT2D eigenvalue weighted by atomic mass is 10.4. The number of hydrogen-bond donors (Lipinski definition) is 3. The number of rotatable bonds is 1. The van der Waals surface area contributed by atoms with Crippen molar-refractivity contribution >= 4 is 55.8 Å². The summed E-state index contributed by atoms with van der Waals surface area (Å²) in [5.74, 6) is 0.360. The molecule has 2 aromatic heterocycles. The molecule has 0 saturated carbocycles. The maximum atomic E-state index is 8.06. The van der Waals surface area contributed by atoms with E-state index in [0.29, 0.717) is 16.5 Å². The number of nitrogens with zero attached hydrogens (tertiary/aromatic N) is 4. The van der Waals surface area contributed by atoms with E-state index in [1.807, 2.05) is 0 Å². The zero-order valence-electron chi connectivity index (χ0n) is 10.5. The van der Waals surface area contributed by atoms with Crippen LogP contribution in [-0.2, 0) is 5.33 Å². The number of fused-ring (bicyclic) bond motifs is 1. The van der Waals surface area contributed by atoms with E-state index < -0.39 is 0 Å². The molecule has 2 aromatic rings. The highest BCUT2D eigenvalue weighted by Gasteiger charge is 2.06. The number of hydrogen-bond acceptors (Lipinski definition) is 7. The summed E-state index contributed by atoms with van der Waals surface area (Å²) in [7, 11) is 0. The molecule has 0 unspecified atom stereocenters. The highest BCUT2D eigenvalue weighted by molar-refractivity contribution is 9.08.